The van der Waals surface area contributed by atoms with Crippen LogP contribution in [0.25, 0.3) is 11.3 Å². The summed E-state index contributed by atoms with van der Waals surface area (Å²) in [5.41, 5.74) is 10.1. The molecule has 2 N–H and O–H groups in total. The van der Waals surface area contributed by atoms with Crippen molar-refractivity contribution in [3.05, 3.63) is 35.3 Å². The molecule has 0 aliphatic rings. The van der Waals surface area contributed by atoms with Gasteiger partial charge in [-0.3, -0.25) is 0 Å². The number of aromatic nitrogens is 2. The Balaban J connectivity index is 2.66. The zero-order valence-electron chi connectivity index (χ0n) is 12.0. The maximum atomic E-state index is 5.72. The van der Waals surface area contributed by atoms with Crippen LogP contribution in [-0.2, 0) is 20.0 Å². The van der Waals surface area contributed by atoms with Gasteiger partial charge < -0.3 is 15.0 Å². The lowest BCUT2D eigenvalue weighted by atomic mass is 10.0. The van der Waals surface area contributed by atoms with E-state index in [2.05, 4.69) is 24.0 Å². The highest BCUT2D eigenvalue weighted by Gasteiger charge is 2.16. The van der Waals surface area contributed by atoms with Gasteiger partial charge in [-0.1, -0.05) is 13.0 Å². The molecule has 0 radical (unpaired) electrons. The maximum Gasteiger partial charge on any atom is 0.128 e. The minimum absolute atomic E-state index is 0.438. The first-order valence-electron chi connectivity index (χ1n) is 6.51. The summed E-state index contributed by atoms with van der Waals surface area (Å²) in [5.74, 6) is 1.75. The number of aryl methyl sites for hydroxylation is 2. The van der Waals surface area contributed by atoms with Crippen LogP contribution in [0.15, 0.2) is 18.2 Å². The van der Waals surface area contributed by atoms with Gasteiger partial charge in [0.2, 0.25) is 0 Å². The predicted molar refractivity (Wildman–Crippen MR) is 77.2 cm³/mol. The van der Waals surface area contributed by atoms with Crippen LogP contribution in [0, 0.1) is 6.92 Å². The van der Waals surface area contributed by atoms with E-state index in [1.54, 1.807) is 7.11 Å². The molecule has 1 heterocycles. The van der Waals surface area contributed by atoms with Gasteiger partial charge in [-0.25, -0.2) is 4.98 Å². The fourth-order valence-electron chi connectivity index (χ4n) is 2.41. The van der Waals surface area contributed by atoms with Crippen LogP contribution >= 0.6 is 0 Å². The van der Waals surface area contributed by atoms with E-state index < -0.39 is 0 Å². The summed E-state index contributed by atoms with van der Waals surface area (Å²) in [7, 11) is 3.69. The van der Waals surface area contributed by atoms with Gasteiger partial charge in [-0.2, -0.15) is 0 Å². The lowest BCUT2D eigenvalue weighted by Crippen LogP contribution is -2.05. The molecule has 0 fully saturated rings. The van der Waals surface area contributed by atoms with Crippen LogP contribution in [0.1, 0.15) is 24.0 Å². The minimum Gasteiger partial charge on any atom is -0.496 e. The van der Waals surface area contributed by atoms with Crippen molar-refractivity contribution in [2.45, 2.75) is 26.8 Å². The fourth-order valence-corrected chi connectivity index (χ4v) is 2.41. The molecule has 0 unspecified atom stereocenters. The van der Waals surface area contributed by atoms with Crippen LogP contribution in [0.5, 0.6) is 5.75 Å². The van der Waals surface area contributed by atoms with Gasteiger partial charge in [0.05, 0.1) is 25.0 Å². The van der Waals surface area contributed by atoms with Crippen LogP contribution in [0.4, 0.5) is 0 Å². The lowest BCUT2D eigenvalue weighted by molar-refractivity contribution is 0.416. The van der Waals surface area contributed by atoms with Crippen molar-refractivity contribution in [1.29, 1.82) is 0 Å². The van der Waals surface area contributed by atoms with Gasteiger partial charge >= 0.3 is 0 Å². The molecule has 2 rings (SSSR count). The molecule has 102 valence electrons. The average Bonchev–Trinajstić information content (AvgIpc) is 2.72. The van der Waals surface area contributed by atoms with Gasteiger partial charge in [-0.05, 0) is 31.0 Å². The predicted octanol–water partition coefficient (Wildman–Crippen LogP) is 2.43. The number of nitrogens with two attached hydrogens (primary N) is 1. The molecule has 0 aliphatic carbocycles. The molecule has 1 aromatic heterocycles. The highest BCUT2D eigenvalue weighted by atomic mass is 16.5. The van der Waals surface area contributed by atoms with Crippen molar-refractivity contribution >= 4 is 0 Å². The smallest absolute Gasteiger partial charge is 0.128 e. The van der Waals surface area contributed by atoms with Crippen LogP contribution in [-0.4, -0.2) is 16.7 Å². The second kappa shape index (κ2) is 5.45. The van der Waals surface area contributed by atoms with Crippen molar-refractivity contribution in [2.75, 3.05) is 7.11 Å². The van der Waals surface area contributed by atoms with Crippen LogP contribution < -0.4 is 10.5 Å². The van der Waals surface area contributed by atoms with Gasteiger partial charge in [-0.15, -0.1) is 0 Å². The topological polar surface area (TPSA) is 53.1 Å². The van der Waals surface area contributed by atoms with Gasteiger partial charge in [0.1, 0.15) is 11.6 Å². The molecule has 0 spiro atoms. The summed E-state index contributed by atoms with van der Waals surface area (Å²) in [6, 6.07) is 6.28. The van der Waals surface area contributed by atoms with Gasteiger partial charge in [0, 0.05) is 12.6 Å². The molecule has 19 heavy (non-hydrogen) atoms. The first-order valence-corrected chi connectivity index (χ1v) is 6.51. The van der Waals surface area contributed by atoms with E-state index in [1.807, 2.05) is 24.6 Å². The number of methoxy groups -OCH3 is 1. The number of imidazole rings is 1. The van der Waals surface area contributed by atoms with Gasteiger partial charge in [0.25, 0.3) is 0 Å². The Labute approximate surface area is 114 Å². The highest BCUT2D eigenvalue weighted by Crippen LogP contribution is 2.33. The van der Waals surface area contributed by atoms with Crippen molar-refractivity contribution in [3.63, 3.8) is 0 Å². The third-order valence-corrected chi connectivity index (χ3v) is 3.47. The summed E-state index contributed by atoms with van der Waals surface area (Å²) in [6.45, 7) is 4.59. The number of rotatable bonds is 4. The normalized spacial score (nSPS) is 10.8. The Kier molecular flexibility index (Phi) is 3.90. The third kappa shape index (κ3) is 2.36. The van der Waals surface area contributed by atoms with E-state index in [4.69, 9.17) is 10.5 Å². The maximum absolute atomic E-state index is 5.72. The molecular formula is C15H21N3O. The van der Waals surface area contributed by atoms with E-state index in [0.29, 0.717) is 6.54 Å². The van der Waals surface area contributed by atoms with Crippen molar-refractivity contribution < 1.29 is 4.74 Å². The molecule has 1 aromatic carbocycles. The van der Waals surface area contributed by atoms with E-state index in [9.17, 15) is 0 Å². The monoisotopic (exact) mass is 259 g/mol. The molecule has 0 aliphatic heterocycles. The molecule has 4 heteroatoms. The number of ether oxygens (including phenoxy) is 1. The molecule has 2 aromatic rings. The zero-order chi connectivity index (χ0) is 14.0. The van der Waals surface area contributed by atoms with E-state index >= 15 is 0 Å². The van der Waals surface area contributed by atoms with E-state index in [0.717, 1.165) is 34.9 Å². The van der Waals surface area contributed by atoms with Crippen LogP contribution in [0.2, 0.25) is 0 Å². The Morgan fingerprint density at radius 2 is 2.11 bits per heavy atom. The quantitative estimate of drug-likeness (QED) is 0.917. The number of hydrogen-bond donors (Lipinski definition) is 1. The van der Waals surface area contributed by atoms with Crippen molar-refractivity contribution in [3.8, 4) is 17.0 Å². The Morgan fingerprint density at radius 1 is 1.37 bits per heavy atom. The highest BCUT2D eigenvalue weighted by molar-refractivity contribution is 5.70. The molecule has 0 saturated carbocycles. The second-order valence-corrected chi connectivity index (χ2v) is 4.61. The second-order valence-electron chi connectivity index (χ2n) is 4.61. The number of benzene rings is 1. The first kappa shape index (κ1) is 13.6. The Morgan fingerprint density at radius 3 is 2.63 bits per heavy atom. The minimum atomic E-state index is 0.438. The summed E-state index contributed by atoms with van der Waals surface area (Å²) in [5, 5.41) is 0. The van der Waals surface area contributed by atoms with E-state index in [-0.39, 0.29) is 0 Å². The van der Waals surface area contributed by atoms with E-state index in [1.165, 1.54) is 5.56 Å². The standard InChI is InChI=1S/C15H21N3O/c1-5-11-6-7-13(19-4)12(8-11)15-10(2)17-14(9-16)18(15)3/h6-8H,5,9,16H2,1-4H3. The summed E-state index contributed by atoms with van der Waals surface area (Å²) < 4.78 is 7.53. The Bertz CT molecular complexity index is 587. The third-order valence-electron chi connectivity index (χ3n) is 3.47. The lowest BCUT2D eigenvalue weighted by Gasteiger charge is -2.12. The zero-order valence-corrected chi connectivity index (χ0v) is 12.0. The fraction of sp³-hybridized carbons (Fsp3) is 0.400. The van der Waals surface area contributed by atoms with Crippen molar-refractivity contribution in [2.24, 2.45) is 12.8 Å². The summed E-state index contributed by atoms with van der Waals surface area (Å²) in [4.78, 5) is 4.52. The number of hydrogen-bond acceptors (Lipinski definition) is 3. The Hall–Kier alpha value is -1.81. The average molecular weight is 259 g/mol. The van der Waals surface area contributed by atoms with Crippen LogP contribution in [0.3, 0.4) is 0 Å². The molecule has 0 bridgehead atoms. The molecular weight excluding hydrogens is 238 g/mol. The summed E-state index contributed by atoms with van der Waals surface area (Å²) in [6.07, 6.45) is 0.998. The molecule has 0 atom stereocenters. The summed E-state index contributed by atoms with van der Waals surface area (Å²) >= 11 is 0. The van der Waals surface area contributed by atoms with Gasteiger partial charge in [0.15, 0.2) is 0 Å². The molecule has 4 nitrogen and oxygen atoms in total. The van der Waals surface area contributed by atoms with Crippen molar-refractivity contribution in [1.82, 2.24) is 9.55 Å². The molecule has 0 saturated heterocycles. The first-order chi connectivity index (χ1) is 9.12. The number of nitrogens with zero attached hydrogens (tertiary/aromatic N) is 2. The molecule has 0 amide bonds. The largest absolute Gasteiger partial charge is 0.496 e. The SMILES string of the molecule is CCc1ccc(OC)c(-c2c(C)nc(CN)n2C)c1.